The Labute approximate surface area is 94.9 Å². The minimum Gasteiger partial charge on any atom is -0.438 e. The second-order valence-corrected chi connectivity index (χ2v) is 3.75. The average Bonchev–Trinajstić information content (AvgIpc) is 2.27. The number of nitrogen functional groups attached to an aromatic ring is 1. The van der Waals surface area contributed by atoms with E-state index in [1.54, 1.807) is 6.20 Å². The highest BCUT2D eigenvalue weighted by atomic mass is 16.5. The predicted octanol–water partition coefficient (Wildman–Crippen LogP) is 3.07. The maximum absolute atomic E-state index is 5.73. The minimum atomic E-state index is 0.621. The fourth-order valence-corrected chi connectivity index (χ4v) is 1.41. The zero-order valence-electron chi connectivity index (χ0n) is 9.40. The highest BCUT2D eigenvalue weighted by Gasteiger charge is 2.05. The molecule has 0 radical (unpaired) electrons. The second kappa shape index (κ2) is 4.23. The molecular weight excluding hydrogens is 200 g/mol. The summed E-state index contributed by atoms with van der Waals surface area (Å²) in [4.78, 5) is 4.18. The molecule has 1 heterocycles. The number of nitrogens with two attached hydrogens (primary N) is 1. The van der Waals surface area contributed by atoms with Crippen LogP contribution in [-0.2, 0) is 0 Å². The van der Waals surface area contributed by atoms with Gasteiger partial charge in [-0.3, -0.25) is 0 Å². The summed E-state index contributed by atoms with van der Waals surface area (Å²) in [6.45, 7) is 3.94. The Kier molecular flexibility index (Phi) is 2.77. The van der Waals surface area contributed by atoms with E-state index >= 15 is 0 Å². The fourth-order valence-electron chi connectivity index (χ4n) is 1.41. The summed E-state index contributed by atoms with van der Waals surface area (Å²) >= 11 is 0. The number of pyridine rings is 1. The monoisotopic (exact) mass is 214 g/mol. The van der Waals surface area contributed by atoms with Crippen LogP contribution in [0.4, 0.5) is 5.69 Å². The molecule has 3 heteroatoms. The molecule has 16 heavy (non-hydrogen) atoms. The van der Waals surface area contributed by atoms with E-state index in [1.807, 2.05) is 44.2 Å². The number of benzene rings is 1. The molecule has 0 aliphatic carbocycles. The van der Waals surface area contributed by atoms with Crippen LogP contribution in [0.25, 0.3) is 0 Å². The van der Waals surface area contributed by atoms with Crippen molar-refractivity contribution in [1.29, 1.82) is 0 Å². The fraction of sp³-hybridized carbons (Fsp3) is 0.154. The number of aromatic nitrogens is 1. The van der Waals surface area contributed by atoms with Crippen molar-refractivity contribution in [2.45, 2.75) is 13.8 Å². The lowest BCUT2D eigenvalue weighted by Gasteiger charge is -2.10. The summed E-state index contributed by atoms with van der Waals surface area (Å²) in [6, 6.07) is 9.44. The van der Waals surface area contributed by atoms with Gasteiger partial charge in [0.15, 0.2) is 0 Å². The van der Waals surface area contributed by atoms with Crippen molar-refractivity contribution >= 4 is 5.69 Å². The second-order valence-electron chi connectivity index (χ2n) is 3.75. The van der Waals surface area contributed by atoms with Crippen LogP contribution in [0, 0.1) is 13.8 Å². The summed E-state index contributed by atoms with van der Waals surface area (Å²) in [5.74, 6) is 1.37. The van der Waals surface area contributed by atoms with Gasteiger partial charge in [-0.2, -0.15) is 0 Å². The Morgan fingerprint density at radius 2 is 1.94 bits per heavy atom. The molecule has 2 N–H and O–H groups in total. The molecule has 0 bridgehead atoms. The average molecular weight is 214 g/mol. The highest BCUT2D eigenvalue weighted by Crippen LogP contribution is 2.27. The van der Waals surface area contributed by atoms with Crippen LogP contribution in [0.1, 0.15) is 11.1 Å². The summed E-state index contributed by atoms with van der Waals surface area (Å²) in [5.41, 5.74) is 8.45. The Morgan fingerprint density at radius 3 is 2.69 bits per heavy atom. The zero-order chi connectivity index (χ0) is 11.5. The van der Waals surface area contributed by atoms with E-state index in [0.717, 1.165) is 16.9 Å². The molecule has 2 rings (SSSR count). The summed E-state index contributed by atoms with van der Waals surface area (Å²) in [5, 5.41) is 0. The first kappa shape index (κ1) is 10.5. The Bertz CT molecular complexity index is 509. The van der Waals surface area contributed by atoms with Crippen LogP contribution in [0.2, 0.25) is 0 Å². The molecule has 0 fully saturated rings. The van der Waals surface area contributed by atoms with Crippen LogP contribution >= 0.6 is 0 Å². The van der Waals surface area contributed by atoms with E-state index in [0.29, 0.717) is 11.6 Å². The molecule has 1 aromatic heterocycles. The Morgan fingerprint density at radius 1 is 1.12 bits per heavy atom. The first-order valence-corrected chi connectivity index (χ1v) is 5.12. The van der Waals surface area contributed by atoms with Crippen LogP contribution in [-0.4, -0.2) is 4.98 Å². The molecular formula is C13H14N2O. The van der Waals surface area contributed by atoms with Gasteiger partial charge in [-0.25, -0.2) is 4.98 Å². The Balaban J connectivity index is 2.34. The quantitative estimate of drug-likeness (QED) is 0.781. The van der Waals surface area contributed by atoms with Gasteiger partial charge in [0.25, 0.3) is 0 Å². The van der Waals surface area contributed by atoms with Crippen molar-refractivity contribution in [3.8, 4) is 11.6 Å². The zero-order valence-corrected chi connectivity index (χ0v) is 9.40. The molecule has 0 saturated heterocycles. The van der Waals surface area contributed by atoms with E-state index in [4.69, 9.17) is 10.5 Å². The number of ether oxygens (including phenoxy) is 1. The van der Waals surface area contributed by atoms with E-state index in [9.17, 15) is 0 Å². The van der Waals surface area contributed by atoms with Crippen LogP contribution in [0.3, 0.4) is 0 Å². The van der Waals surface area contributed by atoms with Crippen molar-refractivity contribution in [2.75, 3.05) is 5.73 Å². The molecule has 0 spiro atoms. The standard InChI is InChI=1S/C13H14N2O/c1-9-5-6-11(14)8-12(9)16-13-10(2)4-3-7-15-13/h3-8H,14H2,1-2H3. The largest absolute Gasteiger partial charge is 0.438 e. The third-order valence-electron chi connectivity index (χ3n) is 2.38. The van der Waals surface area contributed by atoms with E-state index in [-0.39, 0.29) is 0 Å². The molecule has 1 aromatic carbocycles. The van der Waals surface area contributed by atoms with Crippen molar-refractivity contribution in [2.24, 2.45) is 0 Å². The third-order valence-corrected chi connectivity index (χ3v) is 2.38. The molecule has 0 aliphatic rings. The first-order valence-electron chi connectivity index (χ1n) is 5.12. The molecule has 0 aliphatic heterocycles. The van der Waals surface area contributed by atoms with Gasteiger partial charge in [0.2, 0.25) is 5.88 Å². The molecule has 0 amide bonds. The number of rotatable bonds is 2. The van der Waals surface area contributed by atoms with Gasteiger partial charge in [0.05, 0.1) is 0 Å². The van der Waals surface area contributed by atoms with Crippen LogP contribution < -0.4 is 10.5 Å². The number of nitrogens with zero attached hydrogens (tertiary/aromatic N) is 1. The van der Waals surface area contributed by atoms with Gasteiger partial charge >= 0.3 is 0 Å². The van der Waals surface area contributed by atoms with Gasteiger partial charge < -0.3 is 10.5 Å². The number of aryl methyl sites for hydroxylation is 2. The lowest BCUT2D eigenvalue weighted by molar-refractivity contribution is 0.456. The smallest absolute Gasteiger partial charge is 0.222 e. The third kappa shape index (κ3) is 2.14. The van der Waals surface area contributed by atoms with Crippen molar-refractivity contribution < 1.29 is 4.74 Å². The van der Waals surface area contributed by atoms with Crippen molar-refractivity contribution in [1.82, 2.24) is 4.98 Å². The van der Waals surface area contributed by atoms with E-state index < -0.39 is 0 Å². The lowest BCUT2D eigenvalue weighted by atomic mass is 10.2. The summed E-state index contributed by atoms with van der Waals surface area (Å²) < 4.78 is 5.73. The Hall–Kier alpha value is -2.03. The number of hydrogen-bond donors (Lipinski definition) is 1. The molecule has 0 unspecified atom stereocenters. The maximum atomic E-state index is 5.73. The lowest BCUT2D eigenvalue weighted by Crippen LogP contribution is -1.94. The number of anilines is 1. The van der Waals surface area contributed by atoms with E-state index in [2.05, 4.69) is 4.98 Å². The van der Waals surface area contributed by atoms with Gasteiger partial charge in [-0.05, 0) is 31.5 Å². The van der Waals surface area contributed by atoms with Crippen LogP contribution in [0.15, 0.2) is 36.5 Å². The van der Waals surface area contributed by atoms with Crippen molar-refractivity contribution in [3.05, 3.63) is 47.7 Å². The SMILES string of the molecule is Cc1ccc(N)cc1Oc1ncccc1C. The highest BCUT2D eigenvalue weighted by molar-refractivity contribution is 5.49. The first-order chi connectivity index (χ1) is 7.66. The molecule has 0 atom stereocenters. The topological polar surface area (TPSA) is 48.1 Å². The molecule has 3 nitrogen and oxygen atoms in total. The normalized spacial score (nSPS) is 10.1. The molecule has 0 saturated carbocycles. The van der Waals surface area contributed by atoms with Crippen LogP contribution in [0.5, 0.6) is 11.6 Å². The van der Waals surface area contributed by atoms with Crippen molar-refractivity contribution in [3.63, 3.8) is 0 Å². The van der Waals surface area contributed by atoms with Gasteiger partial charge in [0.1, 0.15) is 5.75 Å². The summed E-state index contributed by atoms with van der Waals surface area (Å²) in [6.07, 6.45) is 1.71. The molecule has 2 aromatic rings. The minimum absolute atomic E-state index is 0.621. The van der Waals surface area contributed by atoms with Gasteiger partial charge in [0, 0.05) is 23.5 Å². The van der Waals surface area contributed by atoms with Gasteiger partial charge in [-0.1, -0.05) is 12.1 Å². The molecule has 82 valence electrons. The van der Waals surface area contributed by atoms with Gasteiger partial charge in [-0.15, -0.1) is 0 Å². The predicted molar refractivity (Wildman–Crippen MR) is 64.6 cm³/mol. The maximum Gasteiger partial charge on any atom is 0.222 e. The van der Waals surface area contributed by atoms with E-state index in [1.165, 1.54) is 0 Å². The number of hydrogen-bond acceptors (Lipinski definition) is 3. The summed E-state index contributed by atoms with van der Waals surface area (Å²) in [7, 11) is 0.